The van der Waals surface area contributed by atoms with Crippen LogP contribution in [-0.4, -0.2) is 38.6 Å². The SMILES string of the molecule is CC[C@H](CCC1CCCC/C1=C\C=C1\C[C@@H](O)CC(O)C1C)C(C)(C)/C=C/[C@@H](O)C1(c2nc(C)cs2)CC1. The Morgan fingerprint density at radius 1 is 1.18 bits per heavy atom. The molecule has 0 radical (unpaired) electrons. The number of aliphatic hydroxyl groups is 3. The van der Waals surface area contributed by atoms with E-state index in [4.69, 9.17) is 4.98 Å². The minimum Gasteiger partial charge on any atom is -0.393 e. The van der Waals surface area contributed by atoms with Crippen LogP contribution in [0.3, 0.4) is 0 Å². The molecule has 4 rings (SSSR count). The first-order valence-electron chi connectivity index (χ1n) is 15.1. The zero-order valence-corrected chi connectivity index (χ0v) is 25.1. The molecule has 1 aromatic heterocycles. The molecule has 3 aliphatic carbocycles. The zero-order chi connectivity index (χ0) is 27.5. The number of allylic oxidation sites excluding steroid dienone is 4. The van der Waals surface area contributed by atoms with Crippen LogP contribution in [0.5, 0.6) is 0 Å². The number of hydrogen-bond donors (Lipinski definition) is 3. The van der Waals surface area contributed by atoms with Gasteiger partial charge in [-0.2, -0.15) is 0 Å². The van der Waals surface area contributed by atoms with Crippen LogP contribution in [0.15, 0.2) is 40.8 Å². The molecule has 0 saturated heterocycles. The molecule has 38 heavy (non-hydrogen) atoms. The molecule has 1 heterocycles. The molecule has 212 valence electrons. The highest BCUT2D eigenvalue weighted by atomic mass is 32.1. The van der Waals surface area contributed by atoms with Crippen LogP contribution in [0.2, 0.25) is 0 Å². The van der Waals surface area contributed by atoms with Gasteiger partial charge in [0.25, 0.3) is 0 Å². The number of aromatic nitrogens is 1. The Morgan fingerprint density at radius 3 is 2.58 bits per heavy atom. The van der Waals surface area contributed by atoms with Crippen molar-refractivity contribution in [3.05, 3.63) is 51.5 Å². The van der Waals surface area contributed by atoms with Gasteiger partial charge < -0.3 is 15.3 Å². The Morgan fingerprint density at radius 2 is 1.92 bits per heavy atom. The topological polar surface area (TPSA) is 73.6 Å². The number of thiazole rings is 1. The second kappa shape index (κ2) is 12.5. The van der Waals surface area contributed by atoms with Crippen molar-refractivity contribution in [2.45, 2.75) is 129 Å². The average molecular weight is 542 g/mol. The van der Waals surface area contributed by atoms with E-state index >= 15 is 0 Å². The van der Waals surface area contributed by atoms with Crippen molar-refractivity contribution in [3.8, 4) is 0 Å². The Labute approximate surface area is 235 Å². The molecule has 3 fully saturated rings. The minimum atomic E-state index is -0.468. The van der Waals surface area contributed by atoms with Crippen molar-refractivity contribution in [2.75, 3.05) is 0 Å². The molecule has 0 bridgehead atoms. The molecular weight excluding hydrogens is 490 g/mol. The van der Waals surface area contributed by atoms with Gasteiger partial charge in [-0.05, 0) is 75.5 Å². The summed E-state index contributed by atoms with van der Waals surface area (Å²) in [4.78, 5) is 4.70. The quantitative estimate of drug-likeness (QED) is 0.269. The fourth-order valence-corrected chi connectivity index (χ4v) is 7.97. The standard InChI is InChI=1S/C33H51NO3S/c1-6-27(32(4,5)16-15-30(37)33(17-18-33)31-34-22(2)21-38-31)14-13-25-10-8-7-9-24(25)11-12-26-19-28(35)20-29(36)23(26)3/h11-12,15-16,21,23,25,27-30,35-37H,6-10,13-14,17-20H2,1-5H3/b16-15+,24-11+,26-12-/t23?,25?,27-,28-,29?,30-/m1/s1. The number of aryl methyl sites for hydroxylation is 1. The summed E-state index contributed by atoms with van der Waals surface area (Å²) in [6.07, 6.45) is 19.3. The maximum Gasteiger partial charge on any atom is 0.102 e. The van der Waals surface area contributed by atoms with Gasteiger partial charge in [0, 0.05) is 23.4 Å². The molecule has 0 amide bonds. The van der Waals surface area contributed by atoms with Gasteiger partial charge in [0.15, 0.2) is 0 Å². The summed E-state index contributed by atoms with van der Waals surface area (Å²) in [6, 6.07) is 0. The zero-order valence-electron chi connectivity index (χ0n) is 24.3. The third-order valence-electron chi connectivity index (χ3n) is 9.97. The first kappa shape index (κ1) is 29.7. The Bertz CT molecular complexity index is 1020. The average Bonchev–Trinajstić information content (AvgIpc) is 3.58. The lowest BCUT2D eigenvalue weighted by Crippen LogP contribution is -2.32. The molecule has 0 aliphatic heterocycles. The lowest BCUT2D eigenvalue weighted by atomic mass is 9.71. The molecular formula is C33H51NO3S. The largest absolute Gasteiger partial charge is 0.393 e. The molecule has 3 unspecified atom stereocenters. The van der Waals surface area contributed by atoms with E-state index < -0.39 is 18.3 Å². The van der Waals surface area contributed by atoms with Gasteiger partial charge in [0.2, 0.25) is 0 Å². The van der Waals surface area contributed by atoms with Gasteiger partial charge in [-0.3, -0.25) is 0 Å². The van der Waals surface area contributed by atoms with E-state index in [1.165, 1.54) is 44.1 Å². The van der Waals surface area contributed by atoms with Crippen LogP contribution in [0.4, 0.5) is 0 Å². The van der Waals surface area contributed by atoms with Crippen LogP contribution in [0.1, 0.15) is 109 Å². The van der Waals surface area contributed by atoms with E-state index in [1.807, 2.05) is 6.92 Å². The highest BCUT2D eigenvalue weighted by molar-refractivity contribution is 7.09. The molecule has 0 aromatic carbocycles. The lowest BCUT2D eigenvalue weighted by Gasteiger charge is -2.34. The Hall–Kier alpha value is -1.27. The van der Waals surface area contributed by atoms with E-state index in [0.29, 0.717) is 24.7 Å². The number of nitrogens with zero attached hydrogens (tertiary/aromatic N) is 1. The van der Waals surface area contributed by atoms with Crippen molar-refractivity contribution >= 4 is 11.3 Å². The van der Waals surface area contributed by atoms with Gasteiger partial charge in [0.1, 0.15) is 5.01 Å². The van der Waals surface area contributed by atoms with Gasteiger partial charge in [0.05, 0.1) is 23.7 Å². The second-order valence-electron chi connectivity index (χ2n) is 13.1. The summed E-state index contributed by atoms with van der Waals surface area (Å²) in [5, 5.41) is 34.8. The van der Waals surface area contributed by atoms with E-state index in [9.17, 15) is 15.3 Å². The molecule has 4 nitrogen and oxygen atoms in total. The molecule has 6 atom stereocenters. The first-order valence-corrected chi connectivity index (χ1v) is 16.0. The fraction of sp³-hybridized carbons (Fsp3) is 0.727. The normalized spacial score (nSPS) is 31.7. The molecule has 5 heteroatoms. The summed E-state index contributed by atoms with van der Waals surface area (Å²) in [5.74, 6) is 1.31. The lowest BCUT2D eigenvalue weighted by molar-refractivity contribution is 0.0333. The van der Waals surface area contributed by atoms with Crippen LogP contribution in [0.25, 0.3) is 0 Å². The molecule has 1 aromatic rings. The molecule has 3 N–H and O–H groups in total. The van der Waals surface area contributed by atoms with Crippen molar-refractivity contribution in [1.82, 2.24) is 4.98 Å². The van der Waals surface area contributed by atoms with Gasteiger partial charge in [-0.25, -0.2) is 4.98 Å². The number of rotatable bonds is 10. The van der Waals surface area contributed by atoms with E-state index in [-0.39, 0.29) is 16.7 Å². The van der Waals surface area contributed by atoms with Crippen molar-refractivity contribution < 1.29 is 15.3 Å². The van der Waals surface area contributed by atoms with Crippen LogP contribution >= 0.6 is 11.3 Å². The second-order valence-corrected chi connectivity index (χ2v) is 14.0. The summed E-state index contributed by atoms with van der Waals surface area (Å²) < 4.78 is 0. The number of hydrogen-bond acceptors (Lipinski definition) is 5. The summed E-state index contributed by atoms with van der Waals surface area (Å²) in [7, 11) is 0. The summed E-state index contributed by atoms with van der Waals surface area (Å²) >= 11 is 1.69. The number of aliphatic hydroxyl groups excluding tert-OH is 3. The Balaban J connectivity index is 1.39. The van der Waals surface area contributed by atoms with Gasteiger partial charge in [-0.1, -0.05) is 76.0 Å². The highest BCUT2D eigenvalue weighted by Crippen LogP contribution is 2.52. The fourth-order valence-electron chi connectivity index (χ4n) is 6.88. The molecule has 3 saturated carbocycles. The minimum absolute atomic E-state index is 0.0228. The van der Waals surface area contributed by atoms with Crippen molar-refractivity contribution in [2.24, 2.45) is 23.2 Å². The summed E-state index contributed by atoms with van der Waals surface area (Å²) in [5.41, 5.74) is 3.65. The molecule has 3 aliphatic rings. The van der Waals surface area contributed by atoms with Crippen LogP contribution < -0.4 is 0 Å². The van der Waals surface area contributed by atoms with Crippen LogP contribution in [0, 0.1) is 30.1 Å². The van der Waals surface area contributed by atoms with Gasteiger partial charge in [-0.15, -0.1) is 11.3 Å². The maximum atomic E-state index is 11.1. The first-order chi connectivity index (χ1) is 18.1. The third kappa shape index (κ3) is 6.89. The predicted octanol–water partition coefficient (Wildman–Crippen LogP) is 7.43. The van der Waals surface area contributed by atoms with Crippen molar-refractivity contribution in [3.63, 3.8) is 0 Å². The maximum absolute atomic E-state index is 11.1. The van der Waals surface area contributed by atoms with Gasteiger partial charge >= 0.3 is 0 Å². The highest BCUT2D eigenvalue weighted by Gasteiger charge is 2.52. The van der Waals surface area contributed by atoms with Crippen molar-refractivity contribution in [1.29, 1.82) is 0 Å². The third-order valence-corrected chi connectivity index (χ3v) is 11.1. The van der Waals surface area contributed by atoms with E-state index in [2.05, 4.69) is 57.4 Å². The predicted molar refractivity (Wildman–Crippen MR) is 158 cm³/mol. The Kier molecular flexibility index (Phi) is 9.77. The smallest absolute Gasteiger partial charge is 0.102 e. The van der Waals surface area contributed by atoms with E-state index in [1.54, 1.807) is 16.9 Å². The van der Waals surface area contributed by atoms with E-state index in [0.717, 1.165) is 30.0 Å². The molecule has 0 spiro atoms. The van der Waals surface area contributed by atoms with Crippen LogP contribution in [-0.2, 0) is 5.41 Å². The summed E-state index contributed by atoms with van der Waals surface area (Å²) in [6.45, 7) is 11.1. The monoisotopic (exact) mass is 541 g/mol.